The standard InChI is InChI=1S/C17H14ClNO3S/c18-15-8-6-13(7-9-15)11-23(20,21)12-16-10-22-17(19-16)14-4-2-1-3-5-14/h1-10H,11-12H2. The van der Waals surface area contributed by atoms with Crippen molar-refractivity contribution in [1.29, 1.82) is 0 Å². The lowest BCUT2D eigenvalue weighted by molar-refractivity contribution is 0.571. The fourth-order valence-electron chi connectivity index (χ4n) is 2.20. The molecule has 3 aromatic rings. The minimum Gasteiger partial charge on any atom is -0.444 e. The lowest BCUT2D eigenvalue weighted by Gasteiger charge is -2.02. The van der Waals surface area contributed by atoms with Gasteiger partial charge in [0, 0.05) is 10.6 Å². The number of sulfone groups is 1. The number of benzene rings is 2. The summed E-state index contributed by atoms with van der Waals surface area (Å²) in [6, 6.07) is 16.1. The van der Waals surface area contributed by atoms with Gasteiger partial charge in [-0.15, -0.1) is 0 Å². The Morgan fingerprint density at radius 3 is 2.35 bits per heavy atom. The fourth-order valence-corrected chi connectivity index (χ4v) is 3.71. The van der Waals surface area contributed by atoms with Crippen molar-refractivity contribution in [3.8, 4) is 11.5 Å². The first-order valence-electron chi connectivity index (χ1n) is 6.96. The van der Waals surface area contributed by atoms with Gasteiger partial charge in [-0.3, -0.25) is 0 Å². The van der Waals surface area contributed by atoms with Crippen LogP contribution in [0.1, 0.15) is 11.3 Å². The van der Waals surface area contributed by atoms with Gasteiger partial charge in [0.25, 0.3) is 0 Å². The first-order valence-corrected chi connectivity index (χ1v) is 9.16. The maximum Gasteiger partial charge on any atom is 0.226 e. The van der Waals surface area contributed by atoms with Crippen molar-refractivity contribution in [3.63, 3.8) is 0 Å². The maximum atomic E-state index is 12.3. The molecule has 0 amide bonds. The first kappa shape index (κ1) is 15.8. The van der Waals surface area contributed by atoms with E-state index in [4.69, 9.17) is 16.0 Å². The zero-order chi connectivity index (χ0) is 16.3. The lowest BCUT2D eigenvalue weighted by atomic mass is 10.2. The molecule has 1 heterocycles. The van der Waals surface area contributed by atoms with Crippen molar-refractivity contribution in [3.05, 3.63) is 77.1 Å². The molecule has 0 bridgehead atoms. The van der Waals surface area contributed by atoms with Crippen molar-refractivity contribution >= 4 is 21.4 Å². The highest BCUT2D eigenvalue weighted by molar-refractivity contribution is 7.89. The third-order valence-electron chi connectivity index (χ3n) is 3.24. The molecule has 0 spiro atoms. The predicted octanol–water partition coefficient (Wildman–Crippen LogP) is 4.11. The zero-order valence-corrected chi connectivity index (χ0v) is 13.7. The number of hydrogen-bond donors (Lipinski definition) is 0. The van der Waals surface area contributed by atoms with Gasteiger partial charge in [0.2, 0.25) is 5.89 Å². The molecule has 0 aliphatic heterocycles. The molecule has 0 aliphatic carbocycles. The SMILES string of the molecule is O=S(=O)(Cc1ccc(Cl)cc1)Cc1coc(-c2ccccc2)n1. The molecular formula is C17H14ClNO3S. The molecule has 0 unspecified atom stereocenters. The topological polar surface area (TPSA) is 60.2 Å². The van der Waals surface area contributed by atoms with Crippen molar-refractivity contribution in [2.75, 3.05) is 0 Å². The molecule has 0 saturated carbocycles. The molecule has 0 N–H and O–H groups in total. The van der Waals surface area contributed by atoms with Crippen molar-refractivity contribution in [2.45, 2.75) is 11.5 Å². The van der Waals surface area contributed by atoms with Crippen LogP contribution in [0.3, 0.4) is 0 Å². The summed E-state index contributed by atoms with van der Waals surface area (Å²) in [5, 5.41) is 0.579. The van der Waals surface area contributed by atoms with Crippen LogP contribution in [0.2, 0.25) is 5.02 Å². The molecule has 2 aromatic carbocycles. The van der Waals surface area contributed by atoms with Gasteiger partial charge >= 0.3 is 0 Å². The zero-order valence-electron chi connectivity index (χ0n) is 12.1. The van der Waals surface area contributed by atoms with E-state index in [2.05, 4.69) is 4.98 Å². The summed E-state index contributed by atoms with van der Waals surface area (Å²) in [6.45, 7) is 0. The van der Waals surface area contributed by atoms with Gasteiger partial charge in [-0.05, 0) is 29.8 Å². The third-order valence-corrected chi connectivity index (χ3v) is 5.00. The Bertz CT molecular complexity index is 887. The fraction of sp³-hybridized carbons (Fsp3) is 0.118. The number of hydrogen-bond acceptors (Lipinski definition) is 4. The Labute approximate surface area is 139 Å². The minimum atomic E-state index is -3.33. The van der Waals surface area contributed by atoms with Crippen LogP contribution in [0.15, 0.2) is 65.3 Å². The van der Waals surface area contributed by atoms with E-state index in [0.29, 0.717) is 22.2 Å². The second-order valence-electron chi connectivity index (χ2n) is 5.17. The molecule has 0 fully saturated rings. The van der Waals surface area contributed by atoms with Gasteiger partial charge in [0.15, 0.2) is 9.84 Å². The smallest absolute Gasteiger partial charge is 0.226 e. The Hall–Kier alpha value is -2.11. The summed E-state index contributed by atoms with van der Waals surface area (Å²) in [5.74, 6) is 0.200. The van der Waals surface area contributed by atoms with Gasteiger partial charge in [-0.2, -0.15) is 0 Å². The molecule has 1 aromatic heterocycles. The van der Waals surface area contributed by atoms with Gasteiger partial charge in [-0.1, -0.05) is 41.9 Å². The van der Waals surface area contributed by atoms with Gasteiger partial charge < -0.3 is 4.42 Å². The molecule has 3 rings (SSSR count). The lowest BCUT2D eigenvalue weighted by Crippen LogP contribution is -2.07. The van der Waals surface area contributed by atoms with Crippen LogP contribution in [0.4, 0.5) is 0 Å². The van der Waals surface area contributed by atoms with Crippen LogP contribution >= 0.6 is 11.6 Å². The second-order valence-corrected chi connectivity index (χ2v) is 7.67. The number of aromatic nitrogens is 1. The summed E-state index contributed by atoms with van der Waals surface area (Å²) in [5.41, 5.74) is 1.91. The Kier molecular flexibility index (Phi) is 4.50. The van der Waals surface area contributed by atoms with Crippen LogP contribution in [-0.2, 0) is 21.3 Å². The van der Waals surface area contributed by atoms with Crippen molar-refractivity contribution in [1.82, 2.24) is 4.98 Å². The number of nitrogens with zero attached hydrogens (tertiary/aromatic N) is 1. The van der Waals surface area contributed by atoms with E-state index in [9.17, 15) is 8.42 Å². The molecule has 6 heteroatoms. The summed E-state index contributed by atoms with van der Waals surface area (Å²) in [4.78, 5) is 4.25. The predicted molar refractivity (Wildman–Crippen MR) is 89.7 cm³/mol. The van der Waals surface area contributed by atoms with Crippen LogP contribution in [-0.4, -0.2) is 13.4 Å². The third kappa shape index (κ3) is 4.21. The van der Waals surface area contributed by atoms with Crippen LogP contribution in [0, 0.1) is 0 Å². The Morgan fingerprint density at radius 2 is 1.65 bits per heavy atom. The molecule has 0 radical (unpaired) electrons. The summed E-state index contributed by atoms with van der Waals surface area (Å²) < 4.78 is 29.9. The summed E-state index contributed by atoms with van der Waals surface area (Å²) >= 11 is 5.80. The number of rotatable bonds is 5. The highest BCUT2D eigenvalue weighted by atomic mass is 35.5. The molecular weight excluding hydrogens is 334 g/mol. The van der Waals surface area contributed by atoms with E-state index in [1.54, 1.807) is 24.3 Å². The van der Waals surface area contributed by atoms with E-state index in [-0.39, 0.29) is 11.5 Å². The average Bonchev–Trinajstić information content (AvgIpc) is 2.98. The normalized spacial score (nSPS) is 11.5. The number of halogens is 1. The molecule has 0 atom stereocenters. The van der Waals surface area contributed by atoms with E-state index in [1.165, 1.54) is 6.26 Å². The molecule has 4 nitrogen and oxygen atoms in total. The summed E-state index contributed by atoms with van der Waals surface area (Å²) in [6.07, 6.45) is 1.39. The van der Waals surface area contributed by atoms with E-state index < -0.39 is 9.84 Å². The first-order chi connectivity index (χ1) is 11.0. The minimum absolute atomic E-state index is 0.0578. The van der Waals surface area contributed by atoms with E-state index in [0.717, 1.165) is 5.56 Å². The van der Waals surface area contributed by atoms with E-state index >= 15 is 0 Å². The molecule has 0 aliphatic rings. The van der Waals surface area contributed by atoms with Crippen molar-refractivity contribution in [2.24, 2.45) is 0 Å². The number of oxazole rings is 1. The maximum absolute atomic E-state index is 12.3. The average molecular weight is 348 g/mol. The largest absolute Gasteiger partial charge is 0.444 e. The summed E-state index contributed by atoms with van der Waals surface area (Å²) in [7, 11) is -3.33. The highest BCUT2D eigenvalue weighted by Gasteiger charge is 2.16. The molecule has 0 saturated heterocycles. The van der Waals surface area contributed by atoms with Crippen LogP contribution < -0.4 is 0 Å². The second kappa shape index (κ2) is 6.56. The van der Waals surface area contributed by atoms with Crippen molar-refractivity contribution < 1.29 is 12.8 Å². The molecule has 23 heavy (non-hydrogen) atoms. The molecule has 118 valence electrons. The highest BCUT2D eigenvalue weighted by Crippen LogP contribution is 2.20. The van der Waals surface area contributed by atoms with Crippen LogP contribution in [0.5, 0.6) is 0 Å². The van der Waals surface area contributed by atoms with E-state index in [1.807, 2.05) is 30.3 Å². The Balaban J connectivity index is 1.73. The Morgan fingerprint density at radius 1 is 0.957 bits per heavy atom. The van der Waals surface area contributed by atoms with Gasteiger partial charge in [0.05, 0.1) is 17.2 Å². The van der Waals surface area contributed by atoms with Crippen LogP contribution in [0.25, 0.3) is 11.5 Å². The van der Waals surface area contributed by atoms with Gasteiger partial charge in [0.1, 0.15) is 6.26 Å². The quantitative estimate of drug-likeness (QED) is 0.696. The van der Waals surface area contributed by atoms with Gasteiger partial charge in [-0.25, -0.2) is 13.4 Å². The monoisotopic (exact) mass is 347 g/mol.